The minimum atomic E-state index is 0.393. The van der Waals surface area contributed by atoms with Crippen molar-refractivity contribution in [3.05, 3.63) is 11.6 Å². The Hall–Kier alpha value is 0.780. The van der Waals surface area contributed by atoms with Gasteiger partial charge in [0.2, 0.25) is 0 Å². The number of alkyl halides is 1. The van der Waals surface area contributed by atoms with Gasteiger partial charge in [0.05, 0.1) is 8.86 Å². The van der Waals surface area contributed by atoms with Crippen molar-refractivity contribution in [2.45, 2.75) is 166 Å². The number of unbranched alkanes of at least 4 members (excludes halogenated alkanes) is 5. The van der Waals surface area contributed by atoms with Gasteiger partial charge in [-0.2, -0.15) is 0 Å². The summed E-state index contributed by atoms with van der Waals surface area (Å²) in [6, 6.07) is 0. The van der Waals surface area contributed by atoms with E-state index in [1.54, 1.807) is 5.57 Å². The molecule has 4 rings (SSSR count). The SMILES string of the molecule is CC(C)CCCC(C)C1CCC2C3CC=C4C[C@@H](OCCCCCCCCSC(C)(C)I)CCC4(C)C3CCC12C. The molecule has 0 aromatic heterocycles. The van der Waals surface area contributed by atoms with E-state index in [1.165, 1.54) is 115 Å². The van der Waals surface area contributed by atoms with E-state index in [2.05, 4.69) is 88.9 Å². The van der Waals surface area contributed by atoms with Crippen molar-refractivity contribution >= 4 is 34.4 Å². The maximum Gasteiger partial charge on any atom is 0.0616 e. The molecule has 41 heavy (non-hydrogen) atoms. The second-order valence-corrected chi connectivity index (χ2v) is 21.5. The van der Waals surface area contributed by atoms with Gasteiger partial charge in [0.1, 0.15) is 0 Å². The van der Waals surface area contributed by atoms with Crippen molar-refractivity contribution in [1.82, 2.24) is 0 Å². The number of ether oxygens (including phenoxy) is 1. The minimum Gasteiger partial charge on any atom is -0.378 e. The van der Waals surface area contributed by atoms with Crippen molar-refractivity contribution in [2.24, 2.45) is 46.3 Å². The van der Waals surface area contributed by atoms with Gasteiger partial charge in [0.15, 0.2) is 0 Å². The Morgan fingerprint density at radius 2 is 1.63 bits per heavy atom. The zero-order valence-electron chi connectivity index (χ0n) is 28.2. The molecule has 0 aromatic rings. The average Bonchev–Trinajstić information content (AvgIpc) is 3.26. The molecule has 4 aliphatic carbocycles. The first-order valence-electron chi connectivity index (χ1n) is 18.1. The van der Waals surface area contributed by atoms with E-state index in [-0.39, 0.29) is 0 Å². The molecule has 3 saturated carbocycles. The van der Waals surface area contributed by atoms with Crippen LogP contribution in [0.4, 0.5) is 0 Å². The Morgan fingerprint density at radius 1 is 0.902 bits per heavy atom. The van der Waals surface area contributed by atoms with Crippen LogP contribution in [0.1, 0.15) is 158 Å². The fourth-order valence-corrected chi connectivity index (χ4v) is 11.8. The summed E-state index contributed by atoms with van der Waals surface area (Å²) in [5.41, 5.74) is 2.85. The monoisotopic (exact) mass is 698 g/mol. The van der Waals surface area contributed by atoms with Gasteiger partial charge in [-0.25, -0.2) is 0 Å². The molecule has 1 nitrogen and oxygen atoms in total. The van der Waals surface area contributed by atoms with Crippen molar-refractivity contribution in [2.75, 3.05) is 12.4 Å². The number of allylic oxidation sites excluding steroid dienone is 1. The lowest BCUT2D eigenvalue weighted by molar-refractivity contribution is -0.0641. The van der Waals surface area contributed by atoms with E-state index in [9.17, 15) is 0 Å². The molecule has 7 unspecified atom stereocenters. The molecule has 0 amide bonds. The van der Waals surface area contributed by atoms with Crippen LogP contribution in [0.3, 0.4) is 0 Å². The Bertz CT molecular complexity index is 831. The van der Waals surface area contributed by atoms with Crippen molar-refractivity contribution in [3.63, 3.8) is 0 Å². The van der Waals surface area contributed by atoms with Crippen LogP contribution in [-0.2, 0) is 4.74 Å². The number of fused-ring (bicyclic) bond motifs is 5. The summed E-state index contributed by atoms with van der Waals surface area (Å²) in [4.78, 5) is 0. The summed E-state index contributed by atoms with van der Waals surface area (Å²) in [6.07, 6.45) is 27.0. The highest BCUT2D eigenvalue weighted by Crippen LogP contribution is 2.67. The van der Waals surface area contributed by atoms with Gasteiger partial charge in [-0.05, 0) is 130 Å². The molecule has 3 heteroatoms. The number of hydrogen-bond donors (Lipinski definition) is 0. The first kappa shape index (κ1) is 34.6. The van der Waals surface area contributed by atoms with E-state index < -0.39 is 0 Å². The molecule has 0 saturated heterocycles. The molecular formula is C38H67IOS. The fraction of sp³-hybridized carbons (Fsp3) is 0.947. The highest BCUT2D eigenvalue weighted by Gasteiger charge is 2.59. The van der Waals surface area contributed by atoms with Gasteiger partial charge in [0.25, 0.3) is 0 Å². The lowest BCUT2D eigenvalue weighted by Gasteiger charge is -2.58. The topological polar surface area (TPSA) is 9.23 Å². The van der Waals surface area contributed by atoms with Crippen LogP contribution in [-0.4, -0.2) is 21.2 Å². The predicted molar refractivity (Wildman–Crippen MR) is 191 cm³/mol. The Morgan fingerprint density at radius 3 is 2.37 bits per heavy atom. The standard InChI is InChI=1S/C38H67IOS/c1-28(2)15-14-16-29(3)33-19-20-34-32-18-17-30-27-31(21-23-37(30,6)35(32)22-24-38(33,34)7)40-25-12-10-8-9-11-13-26-41-36(4,5)39/h17,28-29,31-35H,8-16,18-27H2,1-7H3/t29?,31-,32?,33?,34?,35?,37?,38?/m0/s1. The highest BCUT2D eigenvalue weighted by atomic mass is 127. The van der Waals surface area contributed by atoms with Gasteiger partial charge in [-0.15, -0.1) is 11.8 Å². The molecule has 0 radical (unpaired) electrons. The van der Waals surface area contributed by atoms with Crippen LogP contribution in [0.2, 0.25) is 0 Å². The summed E-state index contributed by atoms with van der Waals surface area (Å²) < 4.78 is 6.92. The molecule has 0 aliphatic heterocycles. The molecule has 0 bridgehead atoms. The minimum absolute atomic E-state index is 0.393. The number of rotatable bonds is 16. The van der Waals surface area contributed by atoms with Gasteiger partial charge < -0.3 is 4.74 Å². The van der Waals surface area contributed by atoms with Crippen LogP contribution >= 0.6 is 34.4 Å². The molecule has 4 aliphatic rings. The van der Waals surface area contributed by atoms with Gasteiger partial charge in [-0.1, -0.05) is 114 Å². The maximum atomic E-state index is 6.52. The molecule has 3 fully saturated rings. The highest BCUT2D eigenvalue weighted by molar-refractivity contribution is 14.1. The third-order valence-electron chi connectivity index (χ3n) is 12.6. The van der Waals surface area contributed by atoms with Crippen molar-refractivity contribution < 1.29 is 4.74 Å². The Labute approximate surface area is 274 Å². The van der Waals surface area contributed by atoms with Crippen LogP contribution in [0.25, 0.3) is 0 Å². The van der Waals surface area contributed by atoms with Gasteiger partial charge in [0, 0.05) is 6.61 Å². The zero-order valence-corrected chi connectivity index (χ0v) is 31.2. The average molecular weight is 699 g/mol. The largest absolute Gasteiger partial charge is 0.378 e. The molecular weight excluding hydrogens is 631 g/mol. The van der Waals surface area contributed by atoms with E-state index in [0.717, 1.165) is 42.1 Å². The van der Waals surface area contributed by atoms with Crippen LogP contribution < -0.4 is 0 Å². The number of halogens is 1. The molecule has 0 aromatic carbocycles. The first-order chi connectivity index (χ1) is 19.4. The molecule has 0 heterocycles. The molecule has 0 spiro atoms. The summed E-state index contributed by atoms with van der Waals surface area (Å²) >= 11 is 4.66. The lowest BCUT2D eigenvalue weighted by Crippen LogP contribution is -2.51. The summed E-state index contributed by atoms with van der Waals surface area (Å²) in [7, 11) is 0. The van der Waals surface area contributed by atoms with Crippen LogP contribution in [0.15, 0.2) is 11.6 Å². The fourth-order valence-electron chi connectivity index (χ4n) is 10.3. The smallest absolute Gasteiger partial charge is 0.0616 e. The Kier molecular flexibility index (Phi) is 13.0. The second-order valence-electron chi connectivity index (χ2n) is 16.4. The predicted octanol–water partition coefficient (Wildman–Crippen LogP) is 12.7. The molecule has 238 valence electrons. The third kappa shape index (κ3) is 8.95. The van der Waals surface area contributed by atoms with E-state index in [1.807, 2.05) is 0 Å². The summed E-state index contributed by atoms with van der Waals surface area (Å²) in [5.74, 6) is 6.90. The second kappa shape index (κ2) is 15.4. The van der Waals surface area contributed by atoms with Crippen LogP contribution in [0, 0.1) is 46.3 Å². The zero-order chi connectivity index (χ0) is 29.7. The van der Waals surface area contributed by atoms with E-state index >= 15 is 0 Å². The maximum absolute atomic E-state index is 6.52. The molecule has 8 atom stereocenters. The number of thioether (sulfide) groups is 1. The molecule has 0 N–H and O–H groups in total. The third-order valence-corrected chi connectivity index (χ3v) is 14.7. The van der Waals surface area contributed by atoms with E-state index in [4.69, 9.17) is 4.74 Å². The van der Waals surface area contributed by atoms with Crippen molar-refractivity contribution in [1.29, 1.82) is 0 Å². The summed E-state index contributed by atoms with van der Waals surface area (Å²) in [5, 5.41) is 0. The van der Waals surface area contributed by atoms with Gasteiger partial charge in [-0.3, -0.25) is 0 Å². The summed E-state index contributed by atoms with van der Waals surface area (Å²) in [6.45, 7) is 18.4. The van der Waals surface area contributed by atoms with Gasteiger partial charge >= 0.3 is 0 Å². The van der Waals surface area contributed by atoms with E-state index in [0.29, 0.717) is 19.7 Å². The van der Waals surface area contributed by atoms with Crippen molar-refractivity contribution in [3.8, 4) is 0 Å². The lowest BCUT2D eigenvalue weighted by atomic mass is 9.47. The van der Waals surface area contributed by atoms with Crippen LogP contribution in [0.5, 0.6) is 0 Å². The first-order valence-corrected chi connectivity index (χ1v) is 20.1. The Balaban J connectivity index is 1.20. The number of hydrogen-bond acceptors (Lipinski definition) is 2. The quantitative estimate of drug-likeness (QED) is 0.0687. The normalized spacial score (nSPS) is 36.0.